The molecule has 1 atom stereocenters. The van der Waals surface area contributed by atoms with Gasteiger partial charge >= 0.3 is 18.4 Å². The Bertz CT molecular complexity index is 1040. The quantitative estimate of drug-likeness (QED) is 0.522. The van der Waals surface area contributed by atoms with E-state index in [9.17, 15) is 32.3 Å². The Labute approximate surface area is 189 Å². The molecule has 2 heterocycles. The third kappa shape index (κ3) is 6.00. The maximum Gasteiger partial charge on any atom is 0.573 e. The Balaban J connectivity index is 1.56. The van der Waals surface area contributed by atoms with Crippen LogP contribution in [0.1, 0.15) is 17.4 Å². The lowest BCUT2D eigenvalue weighted by Crippen LogP contribution is -2.47. The number of imide groups is 2. The molecule has 1 aromatic heterocycles. The predicted molar refractivity (Wildman–Crippen MR) is 110 cm³/mol. The number of carbonyl (C=O) groups excluding carboxylic acids is 4. The molecule has 2 aromatic rings. The molecule has 9 nitrogen and oxygen atoms in total. The highest BCUT2D eigenvalue weighted by atomic mass is 32.1. The maximum atomic E-state index is 12.8. The molecule has 13 heteroatoms. The first kappa shape index (κ1) is 24.0. The molecule has 3 N–H and O–H groups in total. The zero-order chi connectivity index (χ0) is 24.2. The number of halogens is 3. The van der Waals surface area contributed by atoms with Crippen LogP contribution >= 0.6 is 11.3 Å². The van der Waals surface area contributed by atoms with E-state index in [1.807, 2.05) is 22.8 Å². The molecular weight excluding hydrogens is 465 g/mol. The van der Waals surface area contributed by atoms with E-state index in [4.69, 9.17) is 0 Å². The zero-order valence-corrected chi connectivity index (χ0v) is 18.0. The van der Waals surface area contributed by atoms with Crippen LogP contribution in [0.3, 0.4) is 0 Å². The Morgan fingerprint density at radius 1 is 1.18 bits per heavy atom. The highest BCUT2D eigenvalue weighted by molar-refractivity contribution is 7.09. The van der Waals surface area contributed by atoms with Crippen LogP contribution in [0.2, 0.25) is 0 Å². The number of alkyl halides is 3. The maximum absolute atomic E-state index is 12.8. The van der Waals surface area contributed by atoms with Gasteiger partial charge in [0.15, 0.2) is 0 Å². The molecule has 0 radical (unpaired) electrons. The molecular formula is C20H19F3N4O5S. The number of benzene rings is 1. The zero-order valence-electron chi connectivity index (χ0n) is 17.2. The minimum atomic E-state index is -4.87. The first-order chi connectivity index (χ1) is 15.5. The summed E-state index contributed by atoms with van der Waals surface area (Å²) >= 11 is 1.53. The molecule has 3 rings (SSSR count). The second-order valence-corrected chi connectivity index (χ2v) is 8.18. The number of ether oxygens (including phenoxy) is 1. The minimum Gasteiger partial charge on any atom is -0.406 e. The second kappa shape index (κ2) is 9.48. The molecule has 0 bridgehead atoms. The number of hydrogen-bond donors (Lipinski definition) is 3. The van der Waals surface area contributed by atoms with Gasteiger partial charge < -0.3 is 15.4 Å². The number of hydrogen-bond acceptors (Lipinski definition) is 6. The van der Waals surface area contributed by atoms with Crippen LogP contribution in [0.15, 0.2) is 41.8 Å². The number of amides is 6. The van der Waals surface area contributed by atoms with Gasteiger partial charge in [0, 0.05) is 11.4 Å². The topological polar surface area (TPSA) is 117 Å². The first-order valence-corrected chi connectivity index (χ1v) is 10.5. The van der Waals surface area contributed by atoms with Crippen molar-refractivity contribution < 1.29 is 37.1 Å². The lowest BCUT2D eigenvalue weighted by Gasteiger charge is -2.22. The second-order valence-electron chi connectivity index (χ2n) is 7.15. The molecule has 1 aliphatic heterocycles. The summed E-state index contributed by atoms with van der Waals surface area (Å²) in [6.45, 7) is 0.921. The fraction of sp³-hybridized carbons (Fsp3) is 0.300. The number of thiophene rings is 1. The predicted octanol–water partition coefficient (Wildman–Crippen LogP) is 2.48. The summed E-state index contributed by atoms with van der Waals surface area (Å²) in [5.74, 6) is -2.18. The molecule has 0 saturated carbocycles. The van der Waals surface area contributed by atoms with Crippen molar-refractivity contribution in [1.82, 2.24) is 20.9 Å². The van der Waals surface area contributed by atoms with Crippen LogP contribution < -0.4 is 20.7 Å². The van der Waals surface area contributed by atoms with Gasteiger partial charge in [0.1, 0.15) is 17.8 Å². The molecule has 1 aliphatic rings. The van der Waals surface area contributed by atoms with Crippen LogP contribution in [0.4, 0.5) is 22.8 Å². The largest absolute Gasteiger partial charge is 0.573 e. The lowest BCUT2D eigenvalue weighted by molar-refractivity contribution is -0.274. The highest BCUT2D eigenvalue weighted by Gasteiger charge is 2.49. The van der Waals surface area contributed by atoms with Crippen molar-refractivity contribution in [2.45, 2.75) is 25.2 Å². The van der Waals surface area contributed by atoms with E-state index in [0.717, 1.165) is 17.0 Å². The van der Waals surface area contributed by atoms with E-state index in [-0.39, 0.29) is 12.1 Å². The summed E-state index contributed by atoms with van der Waals surface area (Å²) < 4.78 is 40.8. The number of carbonyl (C=O) groups is 4. The van der Waals surface area contributed by atoms with Gasteiger partial charge in [-0.3, -0.25) is 19.8 Å². The molecule has 1 aromatic carbocycles. The van der Waals surface area contributed by atoms with E-state index in [2.05, 4.69) is 15.4 Å². The van der Waals surface area contributed by atoms with Crippen molar-refractivity contribution in [2.75, 3.05) is 13.1 Å². The van der Waals surface area contributed by atoms with Gasteiger partial charge in [-0.2, -0.15) is 0 Å². The molecule has 1 fully saturated rings. The van der Waals surface area contributed by atoms with Crippen molar-refractivity contribution in [1.29, 1.82) is 0 Å². The average molecular weight is 484 g/mol. The minimum absolute atomic E-state index is 0.185. The SMILES string of the molecule is CC1(c2ccc(OC(F)(F)F)cc2)NC(=O)N(CC(=O)NC(=O)NCCc2cccs2)C1=O. The lowest BCUT2D eigenvalue weighted by atomic mass is 9.92. The molecule has 1 unspecified atom stereocenters. The van der Waals surface area contributed by atoms with Crippen molar-refractivity contribution in [3.05, 3.63) is 52.2 Å². The van der Waals surface area contributed by atoms with Crippen LogP contribution in [0.5, 0.6) is 5.75 Å². The Kier molecular flexibility index (Phi) is 6.91. The Morgan fingerprint density at radius 3 is 2.48 bits per heavy atom. The average Bonchev–Trinajstić information content (AvgIpc) is 3.30. The Hall–Kier alpha value is -3.61. The molecule has 176 valence electrons. The number of rotatable bonds is 7. The number of urea groups is 2. The van der Waals surface area contributed by atoms with Crippen molar-refractivity contribution in [2.24, 2.45) is 0 Å². The smallest absolute Gasteiger partial charge is 0.406 e. The van der Waals surface area contributed by atoms with Crippen LogP contribution in [-0.4, -0.2) is 48.2 Å². The summed E-state index contributed by atoms with van der Waals surface area (Å²) in [5, 5.41) is 8.86. The van der Waals surface area contributed by atoms with Gasteiger partial charge in [-0.25, -0.2) is 9.59 Å². The van der Waals surface area contributed by atoms with Gasteiger partial charge in [-0.1, -0.05) is 18.2 Å². The van der Waals surface area contributed by atoms with Crippen LogP contribution in [0.25, 0.3) is 0 Å². The summed E-state index contributed by atoms with van der Waals surface area (Å²) in [6, 6.07) is 6.53. The molecule has 1 saturated heterocycles. The van der Waals surface area contributed by atoms with E-state index in [0.29, 0.717) is 11.3 Å². The molecule has 33 heavy (non-hydrogen) atoms. The van der Waals surface area contributed by atoms with E-state index >= 15 is 0 Å². The highest BCUT2D eigenvalue weighted by Crippen LogP contribution is 2.31. The van der Waals surface area contributed by atoms with E-state index < -0.39 is 48.1 Å². The summed E-state index contributed by atoms with van der Waals surface area (Å²) in [4.78, 5) is 50.8. The summed E-state index contributed by atoms with van der Waals surface area (Å²) in [7, 11) is 0. The van der Waals surface area contributed by atoms with Gasteiger partial charge in [0.2, 0.25) is 5.91 Å². The van der Waals surface area contributed by atoms with E-state index in [1.54, 1.807) is 0 Å². The molecule has 0 spiro atoms. The van der Waals surface area contributed by atoms with Gasteiger partial charge in [0.25, 0.3) is 5.91 Å². The number of nitrogens with zero attached hydrogens (tertiary/aromatic N) is 1. The fourth-order valence-electron chi connectivity index (χ4n) is 3.13. The Morgan fingerprint density at radius 2 is 1.88 bits per heavy atom. The van der Waals surface area contributed by atoms with Crippen molar-refractivity contribution in [3.63, 3.8) is 0 Å². The van der Waals surface area contributed by atoms with Gasteiger partial charge in [-0.05, 0) is 42.5 Å². The van der Waals surface area contributed by atoms with Crippen LogP contribution in [-0.2, 0) is 21.5 Å². The van der Waals surface area contributed by atoms with Crippen molar-refractivity contribution in [3.8, 4) is 5.75 Å². The van der Waals surface area contributed by atoms with Crippen molar-refractivity contribution >= 4 is 35.2 Å². The normalized spacial score (nSPS) is 18.1. The molecule has 0 aliphatic carbocycles. The summed E-state index contributed by atoms with van der Waals surface area (Å²) in [6.07, 6.45) is -4.29. The van der Waals surface area contributed by atoms with Gasteiger partial charge in [-0.15, -0.1) is 24.5 Å². The third-order valence-electron chi connectivity index (χ3n) is 4.73. The number of nitrogens with one attached hydrogen (secondary N) is 3. The van der Waals surface area contributed by atoms with E-state index in [1.165, 1.54) is 30.4 Å². The first-order valence-electron chi connectivity index (χ1n) is 9.58. The van der Waals surface area contributed by atoms with Crippen LogP contribution in [0, 0.1) is 0 Å². The standard InChI is InChI=1S/C20H19F3N4O5S/c1-19(12-4-6-13(7-5-12)32-20(21,22)23)16(29)27(18(31)26-19)11-15(28)25-17(30)24-9-8-14-3-2-10-33-14/h2-7,10H,8-9,11H2,1H3,(H,26,31)(H2,24,25,28,30). The molecule has 6 amide bonds. The van der Waals surface area contributed by atoms with Gasteiger partial charge in [0.05, 0.1) is 0 Å². The third-order valence-corrected chi connectivity index (χ3v) is 5.67. The monoisotopic (exact) mass is 484 g/mol. The fourth-order valence-corrected chi connectivity index (χ4v) is 3.84. The summed E-state index contributed by atoms with van der Waals surface area (Å²) in [5.41, 5.74) is -1.43.